The van der Waals surface area contributed by atoms with Crippen LogP contribution in [0.2, 0.25) is 0 Å². The summed E-state index contributed by atoms with van der Waals surface area (Å²) in [6.45, 7) is 10.9. The summed E-state index contributed by atoms with van der Waals surface area (Å²) in [6, 6.07) is 24.5. The van der Waals surface area contributed by atoms with E-state index in [1.807, 2.05) is 37.3 Å². The number of para-hydroxylation sites is 2. The van der Waals surface area contributed by atoms with Gasteiger partial charge in [-0.15, -0.1) is 0 Å². The van der Waals surface area contributed by atoms with Gasteiger partial charge in [-0.2, -0.15) is 0 Å². The quantitative estimate of drug-likeness (QED) is 0.204. The number of carbonyl (C=O) groups is 1. The Hall–Kier alpha value is -3.60. The average molecular weight is 512 g/mol. The molecule has 1 N–H and O–H groups in total. The Balaban J connectivity index is 1.24. The highest BCUT2D eigenvalue weighted by Crippen LogP contribution is 2.24. The topological polar surface area (TPSA) is 56.2 Å². The van der Waals surface area contributed by atoms with Gasteiger partial charge in [-0.3, -0.25) is 4.79 Å². The van der Waals surface area contributed by atoms with Gasteiger partial charge in [0.15, 0.2) is 0 Å². The lowest BCUT2D eigenvalue weighted by Gasteiger charge is -2.19. The van der Waals surface area contributed by atoms with Crippen molar-refractivity contribution < 1.29 is 9.53 Å². The second-order valence-corrected chi connectivity index (χ2v) is 11.0. The first-order chi connectivity index (χ1) is 18.3. The molecule has 0 radical (unpaired) electrons. The second-order valence-electron chi connectivity index (χ2n) is 11.0. The van der Waals surface area contributed by atoms with Crippen LogP contribution in [0.25, 0.3) is 11.0 Å². The summed E-state index contributed by atoms with van der Waals surface area (Å²) in [6.07, 6.45) is 4.89. The number of hydrogen-bond acceptors (Lipinski definition) is 3. The Kier molecular flexibility index (Phi) is 9.22. The Morgan fingerprint density at radius 3 is 2.39 bits per heavy atom. The third-order valence-electron chi connectivity index (χ3n) is 7.00. The van der Waals surface area contributed by atoms with Crippen LogP contribution in [-0.2, 0) is 18.4 Å². The van der Waals surface area contributed by atoms with E-state index in [2.05, 4.69) is 73.1 Å². The minimum absolute atomic E-state index is 0.0113. The van der Waals surface area contributed by atoms with E-state index in [-0.39, 0.29) is 11.3 Å². The summed E-state index contributed by atoms with van der Waals surface area (Å²) in [5, 5.41) is 3.06. The molecule has 5 nitrogen and oxygen atoms in total. The number of rotatable bonds is 12. The number of benzene rings is 3. The molecule has 0 spiro atoms. The molecule has 0 saturated heterocycles. The normalized spacial score (nSPS) is 11.6. The van der Waals surface area contributed by atoms with Gasteiger partial charge in [0.25, 0.3) is 5.91 Å². The highest BCUT2D eigenvalue weighted by atomic mass is 16.5. The van der Waals surface area contributed by atoms with Crippen molar-refractivity contribution in [2.24, 2.45) is 0 Å². The van der Waals surface area contributed by atoms with Crippen LogP contribution in [-0.4, -0.2) is 28.6 Å². The Labute approximate surface area is 227 Å². The van der Waals surface area contributed by atoms with Crippen molar-refractivity contribution in [1.82, 2.24) is 14.9 Å². The lowest BCUT2D eigenvalue weighted by molar-refractivity contribution is 0.0952. The van der Waals surface area contributed by atoms with Gasteiger partial charge in [-0.25, -0.2) is 4.98 Å². The van der Waals surface area contributed by atoms with Crippen molar-refractivity contribution in [1.29, 1.82) is 0 Å². The number of nitrogens with zero attached hydrogens (tertiary/aromatic N) is 2. The zero-order valence-electron chi connectivity index (χ0n) is 23.3. The van der Waals surface area contributed by atoms with Gasteiger partial charge in [-0.05, 0) is 73.1 Å². The maximum atomic E-state index is 12.4. The molecular formula is C33H41N3O2. The van der Waals surface area contributed by atoms with Crippen molar-refractivity contribution in [3.63, 3.8) is 0 Å². The predicted octanol–water partition coefficient (Wildman–Crippen LogP) is 7.25. The van der Waals surface area contributed by atoms with Crippen LogP contribution in [0.4, 0.5) is 0 Å². The van der Waals surface area contributed by atoms with Crippen molar-refractivity contribution in [2.75, 3.05) is 13.2 Å². The lowest BCUT2D eigenvalue weighted by atomic mass is 9.87. The monoisotopic (exact) mass is 511 g/mol. The molecule has 5 heteroatoms. The first-order valence-electron chi connectivity index (χ1n) is 13.8. The number of ether oxygens (including phenoxy) is 1. The molecule has 3 aromatic carbocycles. The molecular weight excluding hydrogens is 470 g/mol. The molecule has 1 aromatic heterocycles. The molecule has 4 aromatic rings. The van der Waals surface area contributed by atoms with Gasteiger partial charge >= 0.3 is 0 Å². The van der Waals surface area contributed by atoms with Crippen molar-refractivity contribution in [2.45, 2.75) is 71.8 Å². The second kappa shape index (κ2) is 12.8. The number of hydrogen-bond donors (Lipinski definition) is 1. The smallest absolute Gasteiger partial charge is 0.251 e. The number of unbranched alkanes of at least 4 members (excludes halogenated alkanes) is 2. The van der Waals surface area contributed by atoms with E-state index in [0.717, 1.165) is 66.9 Å². The molecule has 0 aliphatic heterocycles. The standard InChI is InChI=1S/C33H41N3O2/c1-25-13-7-8-14-28(25)32(37)34-22-11-5-6-17-31-35-29-15-9-10-16-30(29)36(31)23-12-24-38-27-20-18-26(19-21-27)33(2,3)4/h7-10,13-16,18-21H,5-6,11-12,17,22-24H2,1-4H3,(H,34,37). The molecule has 0 bridgehead atoms. The Morgan fingerprint density at radius 1 is 0.895 bits per heavy atom. The van der Waals surface area contributed by atoms with Gasteiger partial charge in [0, 0.05) is 25.1 Å². The van der Waals surface area contributed by atoms with E-state index in [4.69, 9.17) is 9.72 Å². The summed E-state index contributed by atoms with van der Waals surface area (Å²) in [7, 11) is 0. The summed E-state index contributed by atoms with van der Waals surface area (Å²) in [4.78, 5) is 17.3. The third kappa shape index (κ3) is 7.25. The van der Waals surface area contributed by atoms with E-state index in [0.29, 0.717) is 13.2 Å². The van der Waals surface area contributed by atoms with Gasteiger partial charge in [0.1, 0.15) is 11.6 Å². The highest BCUT2D eigenvalue weighted by molar-refractivity contribution is 5.95. The first kappa shape index (κ1) is 27.4. The van der Waals surface area contributed by atoms with Crippen molar-refractivity contribution in [3.05, 3.63) is 95.3 Å². The number of amides is 1. The zero-order valence-corrected chi connectivity index (χ0v) is 23.3. The fourth-order valence-electron chi connectivity index (χ4n) is 4.74. The van der Waals surface area contributed by atoms with Gasteiger partial charge in [0.05, 0.1) is 17.6 Å². The molecule has 0 atom stereocenters. The molecule has 38 heavy (non-hydrogen) atoms. The van der Waals surface area contributed by atoms with Crippen LogP contribution in [0, 0.1) is 6.92 Å². The van der Waals surface area contributed by atoms with Gasteiger partial charge in [-0.1, -0.05) is 69.7 Å². The van der Waals surface area contributed by atoms with Gasteiger partial charge in [0.2, 0.25) is 0 Å². The molecule has 4 rings (SSSR count). The number of carbonyl (C=O) groups excluding carboxylic acids is 1. The molecule has 200 valence electrons. The molecule has 0 unspecified atom stereocenters. The van der Waals surface area contributed by atoms with Gasteiger partial charge < -0.3 is 14.6 Å². The number of fused-ring (bicyclic) bond motifs is 1. The van der Waals surface area contributed by atoms with E-state index >= 15 is 0 Å². The fraction of sp³-hybridized carbons (Fsp3) is 0.394. The van der Waals surface area contributed by atoms with Crippen LogP contribution in [0.1, 0.15) is 73.8 Å². The predicted molar refractivity (Wildman–Crippen MR) is 156 cm³/mol. The third-order valence-corrected chi connectivity index (χ3v) is 7.00. The summed E-state index contributed by atoms with van der Waals surface area (Å²) >= 11 is 0. The SMILES string of the molecule is Cc1ccccc1C(=O)NCCCCCc1nc2ccccc2n1CCCOc1ccc(C(C)(C)C)cc1. The molecule has 1 heterocycles. The van der Waals surface area contributed by atoms with Crippen molar-refractivity contribution in [3.8, 4) is 5.75 Å². The fourth-order valence-corrected chi connectivity index (χ4v) is 4.74. The zero-order chi connectivity index (χ0) is 27.0. The maximum absolute atomic E-state index is 12.4. The molecule has 0 fully saturated rings. The minimum Gasteiger partial charge on any atom is -0.494 e. The molecule has 0 saturated carbocycles. The number of aromatic nitrogens is 2. The Morgan fingerprint density at radius 2 is 1.63 bits per heavy atom. The van der Waals surface area contributed by atoms with Crippen LogP contribution in [0.5, 0.6) is 5.75 Å². The Bertz CT molecular complexity index is 1330. The highest BCUT2D eigenvalue weighted by Gasteiger charge is 2.13. The average Bonchev–Trinajstić information content (AvgIpc) is 3.25. The van der Waals surface area contributed by atoms with Crippen LogP contribution in [0.15, 0.2) is 72.8 Å². The first-order valence-corrected chi connectivity index (χ1v) is 13.8. The van der Waals surface area contributed by atoms with Crippen LogP contribution < -0.4 is 10.1 Å². The largest absolute Gasteiger partial charge is 0.494 e. The van der Waals surface area contributed by atoms with Crippen LogP contribution >= 0.6 is 0 Å². The number of aryl methyl sites for hydroxylation is 3. The summed E-state index contributed by atoms with van der Waals surface area (Å²) < 4.78 is 8.39. The molecule has 1 amide bonds. The van der Waals surface area contributed by atoms with E-state index in [9.17, 15) is 4.79 Å². The van der Waals surface area contributed by atoms with E-state index in [1.54, 1.807) is 0 Å². The number of nitrogens with one attached hydrogen (secondary N) is 1. The molecule has 0 aliphatic carbocycles. The van der Waals surface area contributed by atoms with Crippen LogP contribution in [0.3, 0.4) is 0 Å². The van der Waals surface area contributed by atoms with E-state index < -0.39 is 0 Å². The lowest BCUT2D eigenvalue weighted by Crippen LogP contribution is -2.25. The van der Waals surface area contributed by atoms with Crippen molar-refractivity contribution >= 4 is 16.9 Å². The maximum Gasteiger partial charge on any atom is 0.251 e. The minimum atomic E-state index is 0.0113. The van der Waals surface area contributed by atoms with E-state index in [1.165, 1.54) is 11.1 Å². The summed E-state index contributed by atoms with van der Waals surface area (Å²) in [5.41, 5.74) is 5.45. The summed E-state index contributed by atoms with van der Waals surface area (Å²) in [5.74, 6) is 2.06. The molecule has 0 aliphatic rings. The number of imidazole rings is 1.